The van der Waals surface area contributed by atoms with E-state index < -0.39 is 39.9 Å². The van der Waals surface area contributed by atoms with Gasteiger partial charge in [-0.2, -0.15) is 0 Å². The van der Waals surface area contributed by atoms with Gasteiger partial charge in [-0.05, 0) is 13.8 Å². The third-order valence-electron chi connectivity index (χ3n) is 2.08. The second kappa shape index (κ2) is 5.67. The van der Waals surface area contributed by atoms with Crippen molar-refractivity contribution < 1.29 is 43.1 Å². The van der Waals surface area contributed by atoms with Crippen LogP contribution in [0.25, 0.3) is 0 Å². The Balaban J connectivity index is 5.65. The molecule has 9 nitrogen and oxygen atoms in total. The molecule has 12 heteroatoms. The third kappa shape index (κ3) is 5.45. The van der Waals surface area contributed by atoms with E-state index in [9.17, 15) is 13.7 Å². The largest absolute Gasteiger partial charge is 0.352 e. The highest BCUT2D eigenvalue weighted by Crippen LogP contribution is 2.64. The second-order valence-electron chi connectivity index (χ2n) is 3.85. The molecule has 0 aromatic rings. The summed E-state index contributed by atoms with van der Waals surface area (Å²) in [6.07, 6.45) is -1.07. The summed E-state index contributed by atoms with van der Waals surface area (Å²) >= 11 is 0. The fraction of sp³-hybridized carbons (Fsp3) is 0.667. The summed E-state index contributed by atoms with van der Waals surface area (Å²) < 4.78 is 33.1. The van der Waals surface area contributed by atoms with E-state index in [4.69, 9.17) is 29.4 Å². The first-order chi connectivity index (χ1) is 7.67. The van der Waals surface area contributed by atoms with E-state index >= 15 is 0 Å². The van der Waals surface area contributed by atoms with Gasteiger partial charge in [-0.15, -0.1) is 0 Å². The monoisotopic (exact) mass is 324 g/mol. The first kappa shape index (κ1) is 18.2. The van der Waals surface area contributed by atoms with Gasteiger partial charge >= 0.3 is 22.8 Å². The second-order valence-corrected chi connectivity index (χ2v) is 9.49. The van der Waals surface area contributed by atoms with E-state index in [2.05, 4.69) is 0 Å². The highest BCUT2D eigenvalue weighted by Gasteiger charge is 2.45. The van der Waals surface area contributed by atoms with Gasteiger partial charge in [0.1, 0.15) is 0 Å². The summed E-state index contributed by atoms with van der Waals surface area (Å²) in [7, 11) is -15.2. The molecular weight excluding hydrogens is 309 g/mol. The van der Waals surface area contributed by atoms with Gasteiger partial charge in [0.05, 0.1) is 0 Å². The van der Waals surface area contributed by atoms with Crippen LogP contribution in [-0.2, 0) is 13.7 Å². The Morgan fingerprint density at radius 3 is 1.39 bits per heavy atom. The quantitative estimate of drug-likeness (QED) is 0.394. The number of hydrogen-bond donors (Lipinski definition) is 6. The van der Waals surface area contributed by atoms with Crippen LogP contribution in [0.2, 0.25) is 0 Å². The zero-order chi connectivity index (χ0) is 14.9. The normalized spacial score (nSPS) is 13.8. The Hall–Kier alpha value is 0.190. The molecule has 0 amide bonds. The Bertz CT molecular complexity index is 451. The van der Waals surface area contributed by atoms with E-state index in [-0.39, 0.29) is 5.57 Å². The van der Waals surface area contributed by atoms with Gasteiger partial charge in [0.25, 0.3) is 0 Å². The molecule has 0 aliphatic carbocycles. The van der Waals surface area contributed by atoms with Crippen molar-refractivity contribution in [1.82, 2.24) is 0 Å². The zero-order valence-electron chi connectivity index (χ0n) is 9.53. The molecule has 0 rings (SSSR count). The number of hydrogen-bond acceptors (Lipinski definition) is 3. The van der Waals surface area contributed by atoms with Crippen LogP contribution in [-0.4, -0.2) is 34.8 Å². The van der Waals surface area contributed by atoms with Gasteiger partial charge < -0.3 is 29.4 Å². The van der Waals surface area contributed by atoms with Gasteiger partial charge in [-0.3, -0.25) is 13.7 Å². The molecular formula is C6H15O9P3. The summed E-state index contributed by atoms with van der Waals surface area (Å²) in [5.41, 5.74) is 0.0511. The predicted molar refractivity (Wildman–Crippen MR) is 62.9 cm³/mol. The van der Waals surface area contributed by atoms with Crippen molar-refractivity contribution in [1.29, 1.82) is 0 Å². The standard InChI is InChI=1S/C6H15O9P3/c1-4(2)5(16(7,8)9)3-6(17(10,11)12)18(13,14)15/h6H,3H2,1-2H3,(H2,7,8,9)(H2,10,11,12)(H2,13,14,15). The lowest BCUT2D eigenvalue weighted by atomic mass is 10.3. The van der Waals surface area contributed by atoms with Crippen molar-refractivity contribution in [3.63, 3.8) is 0 Å². The fourth-order valence-electron chi connectivity index (χ4n) is 1.22. The molecule has 0 atom stereocenters. The maximum atomic E-state index is 11.1. The molecule has 0 aromatic carbocycles. The maximum Gasteiger partial charge on any atom is 0.352 e. The molecule has 0 spiro atoms. The number of rotatable bonds is 5. The van der Waals surface area contributed by atoms with Crippen molar-refractivity contribution in [3.8, 4) is 0 Å². The molecule has 0 unspecified atom stereocenters. The van der Waals surface area contributed by atoms with E-state index in [0.29, 0.717) is 0 Å². The van der Waals surface area contributed by atoms with Gasteiger partial charge in [0.15, 0.2) is 5.40 Å². The van der Waals surface area contributed by atoms with Crippen LogP contribution in [0.3, 0.4) is 0 Å². The van der Waals surface area contributed by atoms with Crippen LogP contribution in [0.5, 0.6) is 0 Å². The summed E-state index contributed by atoms with van der Waals surface area (Å²) in [4.78, 5) is 53.4. The van der Waals surface area contributed by atoms with Crippen LogP contribution in [0.1, 0.15) is 20.3 Å². The average molecular weight is 324 g/mol. The molecule has 0 aliphatic rings. The zero-order valence-corrected chi connectivity index (χ0v) is 12.2. The fourth-order valence-corrected chi connectivity index (χ4v) is 4.92. The van der Waals surface area contributed by atoms with Crippen LogP contribution < -0.4 is 0 Å². The van der Waals surface area contributed by atoms with Gasteiger partial charge in [0, 0.05) is 11.7 Å². The highest BCUT2D eigenvalue weighted by molar-refractivity contribution is 7.71. The van der Waals surface area contributed by atoms with Crippen LogP contribution in [0.4, 0.5) is 0 Å². The van der Waals surface area contributed by atoms with Crippen LogP contribution >= 0.6 is 22.8 Å². The van der Waals surface area contributed by atoms with Crippen LogP contribution in [0, 0.1) is 0 Å². The lowest BCUT2D eigenvalue weighted by Gasteiger charge is -2.22. The smallest absolute Gasteiger partial charge is 0.324 e. The minimum atomic E-state index is -5.20. The average Bonchev–Trinajstić information content (AvgIpc) is 1.94. The lowest BCUT2D eigenvalue weighted by Crippen LogP contribution is -2.11. The molecule has 0 bridgehead atoms. The molecule has 0 radical (unpaired) electrons. The SMILES string of the molecule is CC(C)=C(CC(P(=O)(O)O)P(=O)(O)O)P(=O)(O)O. The van der Waals surface area contributed by atoms with Crippen molar-refractivity contribution in [2.45, 2.75) is 25.7 Å². The first-order valence-electron chi connectivity index (χ1n) is 4.50. The first-order valence-corrected chi connectivity index (χ1v) is 9.47. The van der Waals surface area contributed by atoms with E-state index in [1.165, 1.54) is 13.8 Å². The molecule has 0 saturated carbocycles. The molecule has 6 N–H and O–H groups in total. The summed E-state index contributed by atoms with van der Waals surface area (Å²) in [5, 5.41) is -3.14. The van der Waals surface area contributed by atoms with Gasteiger partial charge in [-0.25, -0.2) is 0 Å². The minimum Gasteiger partial charge on any atom is -0.324 e. The van der Waals surface area contributed by atoms with Gasteiger partial charge in [0.2, 0.25) is 0 Å². The lowest BCUT2D eigenvalue weighted by molar-refractivity contribution is 0.337. The Labute approximate surface area is 103 Å². The third-order valence-corrected chi connectivity index (χ3v) is 7.14. The molecule has 0 aromatic heterocycles. The highest BCUT2D eigenvalue weighted by atomic mass is 31.2. The van der Waals surface area contributed by atoms with Gasteiger partial charge in [-0.1, -0.05) is 5.57 Å². The molecule has 108 valence electrons. The minimum absolute atomic E-state index is 0.0511. The van der Waals surface area contributed by atoms with E-state index in [1.807, 2.05) is 0 Å². The molecule has 0 fully saturated rings. The summed E-state index contributed by atoms with van der Waals surface area (Å²) in [6, 6.07) is 0. The van der Waals surface area contributed by atoms with E-state index in [1.54, 1.807) is 0 Å². The van der Waals surface area contributed by atoms with Crippen molar-refractivity contribution in [3.05, 3.63) is 10.9 Å². The Morgan fingerprint density at radius 2 is 1.22 bits per heavy atom. The molecule has 18 heavy (non-hydrogen) atoms. The van der Waals surface area contributed by atoms with Crippen molar-refractivity contribution >= 4 is 22.8 Å². The number of allylic oxidation sites excluding steroid dienone is 2. The topological polar surface area (TPSA) is 173 Å². The maximum absolute atomic E-state index is 11.1. The van der Waals surface area contributed by atoms with E-state index in [0.717, 1.165) is 0 Å². The summed E-state index contributed by atoms with van der Waals surface area (Å²) in [5.74, 6) is 0. The predicted octanol–water partition coefficient (Wildman–Crippen LogP) is 0.530. The summed E-state index contributed by atoms with van der Waals surface area (Å²) in [6.45, 7) is 2.54. The Kier molecular flexibility index (Phi) is 5.73. The van der Waals surface area contributed by atoms with Crippen LogP contribution in [0.15, 0.2) is 10.9 Å². The van der Waals surface area contributed by atoms with Crippen molar-refractivity contribution in [2.24, 2.45) is 0 Å². The molecule has 0 aliphatic heterocycles. The Morgan fingerprint density at radius 1 is 0.889 bits per heavy atom. The molecule has 0 heterocycles. The molecule has 0 saturated heterocycles. The van der Waals surface area contributed by atoms with Crippen molar-refractivity contribution in [2.75, 3.05) is 0 Å².